The van der Waals surface area contributed by atoms with Gasteiger partial charge >= 0.3 is 0 Å². The van der Waals surface area contributed by atoms with Gasteiger partial charge in [0.05, 0.1) is 18.1 Å². The number of thioether (sulfide) groups is 1. The number of ether oxygens (including phenoxy) is 1. The van der Waals surface area contributed by atoms with Crippen molar-refractivity contribution < 1.29 is 9.53 Å². The molecule has 1 amide bonds. The quantitative estimate of drug-likeness (QED) is 0.602. The second-order valence-corrected chi connectivity index (χ2v) is 7.39. The maximum atomic E-state index is 12.6. The molecule has 7 heteroatoms. The van der Waals surface area contributed by atoms with E-state index in [9.17, 15) is 4.79 Å². The van der Waals surface area contributed by atoms with Crippen LogP contribution in [0.2, 0.25) is 5.02 Å². The van der Waals surface area contributed by atoms with Crippen LogP contribution in [0.1, 0.15) is 5.56 Å². The Morgan fingerprint density at radius 1 is 1.26 bits per heavy atom. The molecule has 2 saturated heterocycles. The summed E-state index contributed by atoms with van der Waals surface area (Å²) in [5, 5.41) is 0.631. The zero-order valence-electron chi connectivity index (χ0n) is 12.5. The maximum Gasteiger partial charge on any atom is 0.266 e. The minimum absolute atomic E-state index is 0.0341. The van der Waals surface area contributed by atoms with Gasteiger partial charge in [0.15, 0.2) is 0 Å². The summed E-state index contributed by atoms with van der Waals surface area (Å²) in [6, 6.07) is 7.47. The molecule has 0 N–H and O–H groups in total. The van der Waals surface area contributed by atoms with Crippen molar-refractivity contribution in [1.29, 1.82) is 0 Å². The first kappa shape index (κ1) is 16.9. The van der Waals surface area contributed by atoms with E-state index in [1.54, 1.807) is 4.90 Å². The number of hydrogen-bond acceptors (Lipinski definition) is 5. The molecular formula is C16H17ClN2O2S2. The van der Waals surface area contributed by atoms with Crippen LogP contribution in [0.5, 0.6) is 0 Å². The van der Waals surface area contributed by atoms with Crippen molar-refractivity contribution in [2.24, 2.45) is 0 Å². The lowest BCUT2D eigenvalue weighted by Crippen LogP contribution is -2.42. The Morgan fingerprint density at radius 3 is 2.74 bits per heavy atom. The molecule has 2 fully saturated rings. The van der Waals surface area contributed by atoms with Gasteiger partial charge in [0.25, 0.3) is 5.91 Å². The number of halogens is 1. The Kier molecular flexibility index (Phi) is 5.71. The van der Waals surface area contributed by atoms with E-state index in [4.69, 9.17) is 28.6 Å². The number of benzene rings is 1. The van der Waals surface area contributed by atoms with E-state index < -0.39 is 0 Å². The molecule has 1 aromatic rings. The van der Waals surface area contributed by atoms with Gasteiger partial charge in [0.2, 0.25) is 0 Å². The lowest BCUT2D eigenvalue weighted by molar-refractivity contribution is -0.122. The van der Waals surface area contributed by atoms with E-state index >= 15 is 0 Å². The van der Waals surface area contributed by atoms with Gasteiger partial charge in [0.1, 0.15) is 4.32 Å². The Balaban J connectivity index is 1.66. The number of carbonyl (C=O) groups excluding carboxylic acids is 1. The van der Waals surface area contributed by atoms with Gasteiger partial charge in [-0.15, -0.1) is 0 Å². The number of amides is 1. The molecule has 0 bridgehead atoms. The first-order valence-corrected chi connectivity index (χ1v) is 9.05. The van der Waals surface area contributed by atoms with Crippen molar-refractivity contribution in [3.63, 3.8) is 0 Å². The summed E-state index contributed by atoms with van der Waals surface area (Å²) >= 11 is 12.9. The Labute approximate surface area is 150 Å². The minimum Gasteiger partial charge on any atom is -0.379 e. The monoisotopic (exact) mass is 368 g/mol. The number of hydrogen-bond donors (Lipinski definition) is 0. The molecule has 0 radical (unpaired) electrons. The predicted octanol–water partition coefficient (Wildman–Crippen LogP) is 2.87. The van der Waals surface area contributed by atoms with Crippen molar-refractivity contribution in [2.75, 3.05) is 39.4 Å². The highest BCUT2D eigenvalue weighted by atomic mass is 35.5. The van der Waals surface area contributed by atoms with Crippen molar-refractivity contribution in [1.82, 2.24) is 9.80 Å². The average molecular weight is 369 g/mol. The largest absolute Gasteiger partial charge is 0.379 e. The van der Waals surface area contributed by atoms with E-state index in [0.29, 0.717) is 20.8 Å². The van der Waals surface area contributed by atoms with Crippen LogP contribution >= 0.6 is 35.6 Å². The van der Waals surface area contributed by atoms with Crippen molar-refractivity contribution in [2.45, 2.75) is 0 Å². The van der Waals surface area contributed by atoms with Gasteiger partial charge in [-0.25, -0.2) is 0 Å². The van der Waals surface area contributed by atoms with Gasteiger partial charge in [-0.1, -0.05) is 53.8 Å². The van der Waals surface area contributed by atoms with Crippen LogP contribution in [0, 0.1) is 0 Å². The third-order valence-corrected chi connectivity index (χ3v) is 5.53. The highest BCUT2D eigenvalue weighted by Crippen LogP contribution is 2.33. The maximum absolute atomic E-state index is 12.6. The van der Waals surface area contributed by atoms with Crippen LogP contribution < -0.4 is 0 Å². The second-order valence-electron chi connectivity index (χ2n) is 5.31. The molecule has 1 aromatic carbocycles. The van der Waals surface area contributed by atoms with Gasteiger partial charge in [-0.05, 0) is 17.7 Å². The summed E-state index contributed by atoms with van der Waals surface area (Å²) in [6.07, 6.45) is 1.82. The molecule has 23 heavy (non-hydrogen) atoms. The fraction of sp³-hybridized carbons (Fsp3) is 0.375. The molecule has 0 aromatic heterocycles. The van der Waals surface area contributed by atoms with Crippen LogP contribution in [0.3, 0.4) is 0 Å². The summed E-state index contributed by atoms with van der Waals surface area (Å²) in [4.78, 5) is 17.2. The summed E-state index contributed by atoms with van der Waals surface area (Å²) < 4.78 is 5.95. The molecular weight excluding hydrogens is 352 g/mol. The smallest absolute Gasteiger partial charge is 0.266 e. The number of nitrogens with zero attached hydrogens (tertiary/aromatic N) is 2. The summed E-state index contributed by atoms with van der Waals surface area (Å²) in [5.41, 5.74) is 0.836. The summed E-state index contributed by atoms with van der Waals surface area (Å²) in [7, 11) is 0. The SMILES string of the molecule is O=C1/C(=C\c2ccccc2Cl)SC(=S)N1CCN1CCOCC1. The standard InChI is InChI=1S/C16H17ClN2O2S2/c17-13-4-2-1-3-12(13)11-14-15(20)19(16(22)23-14)6-5-18-7-9-21-10-8-18/h1-4,11H,5-10H2/b14-11+. The van der Waals surface area contributed by atoms with Crippen LogP contribution in [0.25, 0.3) is 6.08 Å². The third kappa shape index (κ3) is 4.14. The van der Waals surface area contributed by atoms with E-state index in [-0.39, 0.29) is 5.91 Å². The summed E-state index contributed by atoms with van der Waals surface area (Å²) in [6.45, 7) is 4.75. The first-order chi connectivity index (χ1) is 11.1. The lowest BCUT2D eigenvalue weighted by Gasteiger charge is -2.28. The van der Waals surface area contributed by atoms with Crippen molar-refractivity contribution >= 4 is 51.9 Å². The number of carbonyl (C=O) groups is 1. The van der Waals surface area contributed by atoms with E-state index in [0.717, 1.165) is 38.4 Å². The lowest BCUT2D eigenvalue weighted by atomic mass is 10.2. The van der Waals surface area contributed by atoms with Gasteiger partial charge in [-0.2, -0.15) is 0 Å². The molecule has 3 rings (SSSR count). The van der Waals surface area contributed by atoms with E-state index in [1.165, 1.54) is 11.8 Å². The fourth-order valence-electron chi connectivity index (χ4n) is 2.49. The summed E-state index contributed by atoms with van der Waals surface area (Å²) in [5.74, 6) is -0.0341. The van der Waals surface area contributed by atoms with Gasteiger partial charge in [0, 0.05) is 31.2 Å². The Hall–Kier alpha value is -0.920. The highest BCUT2D eigenvalue weighted by molar-refractivity contribution is 8.26. The Morgan fingerprint density at radius 2 is 2.00 bits per heavy atom. The molecule has 4 nitrogen and oxygen atoms in total. The topological polar surface area (TPSA) is 32.8 Å². The zero-order valence-corrected chi connectivity index (χ0v) is 14.9. The fourth-order valence-corrected chi connectivity index (χ4v) is 3.98. The van der Waals surface area contributed by atoms with Crippen molar-refractivity contribution in [3.05, 3.63) is 39.8 Å². The molecule has 2 aliphatic rings. The zero-order chi connectivity index (χ0) is 16.2. The minimum atomic E-state index is -0.0341. The van der Waals surface area contributed by atoms with E-state index in [2.05, 4.69) is 4.90 Å². The average Bonchev–Trinajstić information content (AvgIpc) is 2.82. The molecule has 0 aliphatic carbocycles. The van der Waals surface area contributed by atoms with Crippen LogP contribution in [0.4, 0.5) is 0 Å². The van der Waals surface area contributed by atoms with Gasteiger partial charge < -0.3 is 4.74 Å². The van der Waals surface area contributed by atoms with Crippen LogP contribution in [-0.4, -0.2) is 59.4 Å². The van der Waals surface area contributed by atoms with Gasteiger partial charge in [-0.3, -0.25) is 14.6 Å². The first-order valence-electron chi connectivity index (χ1n) is 7.45. The molecule has 0 saturated carbocycles. The van der Waals surface area contributed by atoms with Crippen LogP contribution in [0.15, 0.2) is 29.2 Å². The van der Waals surface area contributed by atoms with Crippen LogP contribution in [-0.2, 0) is 9.53 Å². The molecule has 0 atom stereocenters. The number of thiocarbonyl (C=S) groups is 1. The normalized spacial score (nSPS) is 21.4. The highest BCUT2D eigenvalue weighted by Gasteiger charge is 2.32. The molecule has 122 valence electrons. The number of morpholine rings is 1. The predicted molar refractivity (Wildman–Crippen MR) is 98.6 cm³/mol. The van der Waals surface area contributed by atoms with E-state index in [1.807, 2.05) is 30.3 Å². The molecule has 2 heterocycles. The molecule has 2 aliphatic heterocycles. The molecule has 0 spiro atoms. The number of rotatable bonds is 4. The third-order valence-electron chi connectivity index (χ3n) is 3.81. The second kappa shape index (κ2) is 7.77. The Bertz CT molecular complexity index is 645. The molecule has 0 unspecified atom stereocenters. The van der Waals surface area contributed by atoms with Crippen molar-refractivity contribution in [3.8, 4) is 0 Å².